The molecule has 298 valence electrons. The van der Waals surface area contributed by atoms with Gasteiger partial charge in [0.15, 0.2) is 28.6 Å². The predicted molar refractivity (Wildman–Crippen MR) is 258 cm³/mol. The van der Waals surface area contributed by atoms with E-state index in [1.807, 2.05) is 91.0 Å². The molecule has 0 aliphatic rings. The number of para-hydroxylation sites is 4. The van der Waals surface area contributed by atoms with Crippen LogP contribution in [0.5, 0.6) is 0 Å². The maximum atomic E-state index is 7.39. The summed E-state index contributed by atoms with van der Waals surface area (Å²) in [5.74, 6) is 1.73. The molecule has 0 fully saturated rings. The summed E-state index contributed by atoms with van der Waals surface area (Å²) in [5.41, 5.74) is 12.3. The summed E-state index contributed by atoms with van der Waals surface area (Å²) in [6, 6.07) is 66.6. The van der Waals surface area contributed by atoms with E-state index in [9.17, 15) is 0 Å². The monoisotopic (exact) mass is 820 g/mol. The molecule has 64 heavy (non-hydrogen) atoms. The van der Waals surface area contributed by atoms with Crippen LogP contribution >= 0.6 is 0 Å². The Bertz CT molecular complexity index is 4140. The van der Waals surface area contributed by atoms with Crippen LogP contribution in [0.15, 0.2) is 207 Å². The van der Waals surface area contributed by atoms with Gasteiger partial charge in [0.05, 0.1) is 16.7 Å². The Morgan fingerprint density at radius 1 is 0.328 bits per heavy atom. The lowest BCUT2D eigenvalue weighted by atomic mass is 9.96. The highest BCUT2D eigenvalue weighted by atomic mass is 16.3. The molecule has 14 rings (SSSR count). The highest BCUT2D eigenvalue weighted by Crippen LogP contribution is 2.47. The lowest BCUT2D eigenvalue weighted by Gasteiger charge is -2.11. The van der Waals surface area contributed by atoms with Crippen molar-refractivity contribution in [2.24, 2.45) is 0 Å². The quantitative estimate of drug-likeness (QED) is 0.172. The van der Waals surface area contributed by atoms with Crippen LogP contribution in [-0.4, -0.2) is 19.5 Å². The number of rotatable bonds is 5. The van der Waals surface area contributed by atoms with Crippen LogP contribution in [-0.2, 0) is 0 Å². The second-order valence-corrected chi connectivity index (χ2v) is 16.3. The highest BCUT2D eigenvalue weighted by molar-refractivity contribution is 6.23. The van der Waals surface area contributed by atoms with E-state index in [0.717, 1.165) is 121 Å². The molecule has 0 amide bonds. The Hall–Kier alpha value is -8.81. The normalized spacial score (nSPS) is 12.1. The van der Waals surface area contributed by atoms with Gasteiger partial charge < -0.3 is 17.8 Å². The van der Waals surface area contributed by atoms with Gasteiger partial charge in [0, 0.05) is 65.3 Å². The molecular formula is C57H32N4O3. The number of aromatic nitrogens is 4. The third kappa shape index (κ3) is 5.06. The summed E-state index contributed by atoms with van der Waals surface area (Å²) in [6.45, 7) is 0. The number of hydrogen-bond acceptors (Lipinski definition) is 6. The van der Waals surface area contributed by atoms with Crippen molar-refractivity contribution in [2.75, 3.05) is 0 Å². The summed E-state index contributed by atoms with van der Waals surface area (Å²) >= 11 is 0. The Labute approximate surface area is 364 Å². The Morgan fingerprint density at radius 3 is 1.69 bits per heavy atom. The van der Waals surface area contributed by atoms with E-state index in [0.29, 0.717) is 17.5 Å². The van der Waals surface area contributed by atoms with Crippen LogP contribution < -0.4 is 0 Å². The van der Waals surface area contributed by atoms with E-state index in [1.165, 1.54) is 0 Å². The van der Waals surface area contributed by atoms with Crippen LogP contribution in [0, 0.1) is 0 Å². The summed E-state index contributed by atoms with van der Waals surface area (Å²) in [5, 5.41) is 8.32. The standard InChI is InChI=1S/C57H32N4O3/c1-3-14-33(15-4-1)55-58-56(34-16-5-2-6-17-34)60-57(59-55)43-30-27-36(35-26-31-49-44(32-35)39-20-9-11-24-47(39)62-49)53-50(43)42-21-13-23-46(52(42)64-53)61-45-22-10-7-18-37(45)40-28-29-41-38-19-8-12-25-48(38)63-54(41)51(40)61/h1-32H. The van der Waals surface area contributed by atoms with Gasteiger partial charge in [-0.2, -0.15) is 0 Å². The maximum absolute atomic E-state index is 7.39. The average molecular weight is 821 g/mol. The lowest BCUT2D eigenvalue weighted by molar-refractivity contribution is 0.665. The maximum Gasteiger partial charge on any atom is 0.164 e. The fourth-order valence-electron chi connectivity index (χ4n) is 9.78. The first-order valence-corrected chi connectivity index (χ1v) is 21.3. The molecule has 7 heteroatoms. The van der Waals surface area contributed by atoms with Crippen LogP contribution in [0.2, 0.25) is 0 Å². The van der Waals surface area contributed by atoms with E-state index < -0.39 is 0 Å². The molecule has 0 radical (unpaired) electrons. The van der Waals surface area contributed by atoms with Gasteiger partial charge in [-0.25, -0.2) is 15.0 Å². The van der Waals surface area contributed by atoms with Crippen molar-refractivity contribution in [3.63, 3.8) is 0 Å². The molecule has 0 atom stereocenters. The number of hydrogen-bond donors (Lipinski definition) is 0. The summed E-state index contributed by atoms with van der Waals surface area (Å²) < 4.78 is 22.7. The van der Waals surface area contributed by atoms with Crippen molar-refractivity contribution in [1.29, 1.82) is 0 Å². The van der Waals surface area contributed by atoms with Crippen molar-refractivity contribution in [1.82, 2.24) is 19.5 Å². The fraction of sp³-hybridized carbons (Fsp3) is 0. The molecule has 0 bridgehead atoms. The minimum Gasteiger partial charge on any atom is -0.456 e. The van der Waals surface area contributed by atoms with Gasteiger partial charge in [-0.3, -0.25) is 0 Å². The van der Waals surface area contributed by atoms with Gasteiger partial charge in [0.25, 0.3) is 0 Å². The largest absolute Gasteiger partial charge is 0.456 e. The van der Waals surface area contributed by atoms with E-state index in [1.54, 1.807) is 0 Å². The molecule has 0 aliphatic heterocycles. The summed E-state index contributed by atoms with van der Waals surface area (Å²) in [6.07, 6.45) is 0. The summed E-state index contributed by atoms with van der Waals surface area (Å²) in [4.78, 5) is 15.5. The molecule has 5 heterocycles. The molecule has 9 aromatic carbocycles. The average Bonchev–Trinajstić information content (AvgIpc) is 4.13. The van der Waals surface area contributed by atoms with Crippen molar-refractivity contribution in [3.8, 4) is 51.0 Å². The van der Waals surface area contributed by atoms with Crippen LogP contribution in [0.25, 0.3) is 139 Å². The summed E-state index contributed by atoms with van der Waals surface area (Å²) in [7, 11) is 0. The second kappa shape index (κ2) is 13.3. The van der Waals surface area contributed by atoms with Gasteiger partial charge in [0.2, 0.25) is 0 Å². The van der Waals surface area contributed by atoms with Gasteiger partial charge in [-0.15, -0.1) is 0 Å². The van der Waals surface area contributed by atoms with E-state index in [-0.39, 0.29) is 0 Å². The highest BCUT2D eigenvalue weighted by Gasteiger charge is 2.25. The molecule has 0 aliphatic carbocycles. The molecule has 0 saturated heterocycles. The van der Waals surface area contributed by atoms with Crippen molar-refractivity contribution in [3.05, 3.63) is 194 Å². The zero-order valence-electron chi connectivity index (χ0n) is 34.0. The third-order valence-electron chi connectivity index (χ3n) is 12.7. The molecule has 0 spiro atoms. The molecule has 0 saturated carbocycles. The Kier molecular flexibility index (Phi) is 7.27. The van der Waals surface area contributed by atoms with Crippen molar-refractivity contribution < 1.29 is 13.3 Å². The SMILES string of the molecule is c1ccc(-c2nc(-c3ccccc3)nc(-c3ccc(-c4ccc5oc6ccccc6c5c4)c4oc5c(-n6c7ccccc7c7ccc8c9ccccc9oc8c76)cccc5c34)n2)cc1. The minimum absolute atomic E-state index is 0.550. The first-order chi connectivity index (χ1) is 31.7. The van der Waals surface area contributed by atoms with E-state index in [4.69, 9.17) is 28.2 Å². The van der Waals surface area contributed by atoms with E-state index in [2.05, 4.69) is 108 Å². The van der Waals surface area contributed by atoms with Crippen molar-refractivity contribution >= 4 is 87.6 Å². The lowest BCUT2D eigenvalue weighted by Crippen LogP contribution is -2.00. The van der Waals surface area contributed by atoms with Crippen LogP contribution in [0.3, 0.4) is 0 Å². The van der Waals surface area contributed by atoms with Gasteiger partial charge in [0.1, 0.15) is 22.3 Å². The van der Waals surface area contributed by atoms with Crippen molar-refractivity contribution in [2.45, 2.75) is 0 Å². The van der Waals surface area contributed by atoms with Crippen LogP contribution in [0.4, 0.5) is 0 Å². The Balaban J connectivity index is 1.10. The molecular weight excluding hydrogens is 789 g/mol. The first-order valence-electron chi connectivity index (χ1n) is 21.3. The topological polar surface area (TPSA) is 83.0 Å². The Morgan fingerprint density at radius 2 is 0.922 bits per heavy atom. The molecule has 14 aromatic rings. The fourth-order valence-corrected chi connectivity index (χ4v) is 9.78. The minimum atomic E-state index is 0.550. The molecule has 5 aromatic heterocycles. The molecule has 0 unspecified atom stereocenters. The number of nitrogens with zero attached hydrogens (tertiary/aromatic N) is 4. The zero-order chi connectivity index (χ0) is 41.9. The first kappa shape index (κ1) is 34.9. The van der Waals surface area contributed by atoms with E-state index >= 15 is 0 Å². The number of furan rings is 3. The smallest absolute Gasteiger partial charge is 0.164 e. The number of benzene rings is 9. The van der Waals surface area contributed by atoms with Crippen LogP contribution in [0.1, 0.15) is 0 Å². The van der Waals surface area contributed by atoms with Gasteiger partial charge in [-0.1, -0.05) is 140 Å². The molecule has 7 nitrogen and oxygen atoms in total. The van der Waals surface area contributed by atoms with Gasteiger partial charge >= 0.3 is 0 Å². The predicted octanol–water partition coefficient (Wildman–Crippen LogP) is 15.3. The zero-order valence-corrected chi connectivity index (χ0v) is 34.0. The van der Waals surface area contributed by atoms with Gasteiger partial charge in [-0.05, 0) is 60.2 Å². The number of fused-ring (bicyclic) bond motifs is 13. The third-order valence-corrected chi connectivity index (χ3v) is 12.7. The molecule has 0 N–H and O–H groups in total. The second-order valence-electron chi connectivity index (χ2n) is 16.3.